The molecule has 2 unspecified atom stereocenters. The van der Waals surface area contributed by atoms with Crippen LogP contribution in [0.4, 0.5) is 0 Å². The minimum Gasteiger partial charge on any atom is -0.462 e. The molecule has 3 N–H and O–H groups in total. The summed E-state index contributed by atoms with van der Waals surface area (Å²) in [6, 6.07) is 0. The van der Waals surface area contributed by atoms with Crippen molar-refractivity contribution < 1.29 is 80.2 Å². The summed E-state index contributed by atoms with van der Waals surface area (Å²) in [5, 5.41) is 10.6. The van der Waals surface area contributed by atoms with E-state index in [4.69, 9.17) is 37.0 Å². The summed E-state index contributed by atoms with van der Waals surface area (Å²) in [6.07, 6.45) is 46.1. The maximum Gasteiger partial charge on any atom is 0.472 e. The lowest BCUT2D eigenvalue weighted by molar-refractivity contribution is -0.161. The Labute approximate surface area is 562 Å². The summed E-state index contributed by atoms with van der Waals surface area (Å²) in [4.78, 5) is 72.6. The third-order valence-corrected chi connectivity index (χ3v) is 18.7. The number of unbranched alkanes of at least 4 members (excludes halogenated alkanes) is 36. The van der Waals surface area contributed by atoms with Gasteiger partial charge in [-0.3, -0.25) is 37.3 Å². The van der Waals surface area contributed by atoms with Gasteiger partial charge in [-0.05, 0) is 49.4 Å². The number of rotatable bonds is 70. The zero-order valence-electron chi connectivity index (χ0n) is 60.2. The van der Waals surface area contributed by atoms with E-state index < -0.39 is 97.5 Å². The molecule has 5 atom stereocenters. The van der Waals surface area contributed by atoms with Crippen LogP contribution in [0.3, 0.4) is 0 Å². The van der Waals surface area contributed by atoms with Crippen LogP contribution in [-0.2, 0) is 65.4 Å². The molecule has 0 aliphatic heterocycles. The fourth-order valence-corrected chi connectivity index (χ4v) is 12.6. The second-order valence-electron chi connectivity index (χ2n) is 28.2. The number of phosphoric ester groups is 2. The molecule has 17 nitrogen and oxygen atoms in total. The zero-order valence-corrected chi connectivity index (χ0v) is 62.0. The van der Waals surface area contributed by atoms with Gasteiger partial charge in [-0.25, -0.2) is 9.13 Å². The van der Waals surface area contributed by atoms with E-state index in [0.29, 0.717) is 37.5 Å². The minimum atomic E-state index is -4.95. The van der Waals surface area contributed by atoms with Gasteiger partial charge in [0.1, 0.15) is 19.3 Å². The van der Waals surface area contributed by atoms with Crippen LogP contribution >= 0.6 is 15.6 Å². The monoisotopic (exact) mass is 1350 g/mol. The van der Waals surface area contributed by atoms with Gasteiger partial charge < -0.3 is 33.8 Å². The van der Waals surface area contributed by atoms with Gasteiger partial charge in [-0.2, -0.15) is 0 Å². The smallest absolute Gasteiger partial charge is 0.462 e. The second kappa shape index (κ2) is 62.6. The highest BCUT2D eigenvalue weighted by molar-refractivity contribution is 7.47. The van der Waals surface area contributed by atoms with Gasteiger partial charge in [0.05, 0.1) is 26.4 Å². The first-order valence-electron chi connectivity index (χ1n) is 37.7. The zero-order chi connectivity index (χ0) is 68.2. The molecule has 0 aromatic rings. The van der Waals surface area contributed by atoms with E-state index in [1.165, 1.54) is 161 Å². The molecule has 0 aliphatic rings. The Kier molecular flexibility index (Phi) is 61.3. The summed E-state index contributed by atoms with van der Waals surface area (Å²) in [7, 11) is -9.91. The third-order valence-electron chi connectivity index (χ3n) is 16.8. The Morgan fingerprint density at radius 2 is 0.457 bits per heavy atom. The molecular formula is C73H142O17P2. The van der Waals surface area contributed by atoms with Gasteiger partial charge in [0, 0.05) is 25.7 Å². The predicted octanol–water partition coefficient (Wildman–Crippen LogP) is 20.9. The van der Waals surface area contributed by atoms with Crippen LogP contribution in [-0.4, -0.2) is 96.7 Å². The molecular weight excluding hydrogens is 1210 g/mol. The highest BCUT2D eigenvalue weighted by Crippen LogP contribution is 2.45. The molecule has 0 spiro atoms. The van der Waals surface area contributed by atoms with Gasteiger partial charge >= 0.3 is 39.5 Å². The number of hydrogen-bond donors (Lipinski definition) is 3. The lowest BCUT2D eigenvalue weighted by Crippen LogP contribution is -2.30. The first-order chi connectivity index (χ1) is 44.1. The third kappa shape index (κ3) is 66.7. The number of hydrogen-bond acceptors (Lipinski definition) is 15. The molecule has 0 rings (SSSR count). The van der Waals surface area contributed by atoms with Gasteiger partial charge in [-0.1, -0.05) is 312 Å². The molecule has 0 aromatic heterocycles. The maximum absolute atomic E-state index is 13.0. The quantitative estimate of drug-likeness (QED) is 0.0222. The largest absolute Gasteiger partial charge is 0.472 e. The van der Waals surface area contributed by atoms with Crippen LogP contribution in [0, 0.1) is 23.7 Å². The van der Waals surface area contributed by atoms with Crippen molar-refractivity contribution in [2.45, 2.75) is 382 Å². The molecule has 19 heteroatoms. The molecule has 0 saturated carbocycles. The van der Waals surface area contributed by atoms with Crippen molar-refractivity contribution in [3.05, 3.63) is 0 Å². The molecule has 0 aromatic carbocycles. The second-order valence-corrected chi connectivity index (χ2v) is 31.1. The van der Waals surface area contributed by atoms with Crippen LogP contribution in [0.15, 0.2) is 0 Å². The summed E-state index contributed by atoms with van der Waals surface area (Å²) in [6.45, 7) is 14.1. The topological polar surface area (TPSA) is 237 Å². The summed E-state index contributed by atoms with van der Waals surface area (Å²) >= 11 is 0. The summed E-state index contributed by atoms with van der Waals surface area (Å²) < 4.78 is 68.3. The van der Waals surface area contributed by atoms with Gasteiger partial charge in [0.25, 0.3) is 0 Å². The van der Waals surface area contributed by atoms with Crippen molar-refractivity contribution in [3.63, 3.8) is 0 Å². The van der Waals surface area contributed by atoms with Gasteiger partial charge in [0.2, 0.25) is 0 Å². The van der Waals surface area contributed by atoms with E-state index in [1.54, 1.807) is 0 Å². The van der Waals surface area contributed by atoms with Crippen molar-refractivity contribution >= 4 is 39.5 Å². The van der Waals surface area contributed by atoms with E-state index >= 15 is 0 Å². The highest BCUT2D eigenvalue weighted by atomic mass is 31.2. The Hall–Kier alpha value is -1.94. The molecule has 0 heterocycles. The minimum absolute atomic E-state index is 0.103. The van der Waals surface area contributed by atoms with Gasteiger partial charge in [0.15, 0.2) is 12.2 Å². The lowest BCUT2D eigenvalue weighted by atomic mass is 10.0. The Morgan fingerprint density at radius 3 is 0.674 bits per heavy atom. The van der Waals surface area contributed by atoms with Gasteiger partial charge in [-0.15, -0.1) is 0 Å². The number of aliphatic hydroxyl groups is 1. The van der Waals surface area contributed by atoms with Crippen molar-refractivity contribution in [2.75, 3.05) is 39.6 Å². The standard InChI is InChI=1S/C73H142O17P2/c1-63(2)49-41-33-25-20-16-12-10-9-11-13-18-22-28-37-45-53-70(75)83-59-68(90-73(78)56-48-40-30-24-27-35-43-51-65(5)6)61-87-91(79,80)85-57-67(74)58-86-92(81,82)88-62-69(60-84-71(76)54-46-38-32-31-36-44-52-66(7)8)89-72(77)55-47-39-29-23-19-15-14-17-21-26-34-42-50-64(3)4/h63-69,74H,9-62H2,1-8H3,(H,79,80)(H,81,82)/t67-,68-,69-/m1/s1. The van der Waals surface area contributed by atoms with Crippen LogP contribution < -0.4 is 0 Å². The van der Waals surface area contributed by atoms with Crippen LogP contribution in [0.2, 0.25) is 0 Å². The Morgan fingerprint density at radius 1 is 0.272 bits per heavy atom. The van der Waals surface area contributed by atoms with Crippen LogP contribution in [0.25, 0.3) is 0 Å². The van der Waals surface area contributed by atoms with E-state index in [9.17, 15) is 43.2 Å². The molecule has 546 valence electrons. The number of esters is 4. The first-order valence-corrected chi connectivity index (χ1v) is 40.7. The molecule has 92 heavy (non-hydrogen) atoms. The maximum atomic E-state index is 13.0. The Balaban J connectivity index is 5.18. The normalized spacial score (nSPS) is 14.2. The van der Waals surface area contributed by atoms with E-state index in [2.05, 4.69) is 55.4 Å². The van der Waals surface area contributed by atoms with Crippen molar-refractivity contribution in [2.24, 2.45) is 23.7 Å². The lowest BCUT2D eigenvalue weighted by Gasteiger charge is -2.21. The molecule has 0 amide bonds. The fourth-order valence-electron chi connectivity index (χ4n) is 11.0. The number of carbonyl (C=O) groups is 4. The summed E-state index contributed by atoms with van der Waals surface area (Å²) in [5.74, 6) is 0.829. The molecule has 0 saturated heterocycles. The van der Waals surface area contributed by atoms with Crippen LogP contribution in [0.1, 0.15) is 364 Å². The van der Waals surface area contributed by atoms with E-state index in [1.807, 2.05) is 0 Å². The molecule has 0 aliphatic carbocycles. The fraction of sp³-hybridized carbons (Fsp3) is 0.945. The first kappa shape index (κ1) is 90.1. The number of phosphoric acid groups is 2. The molecule has 0 bridgehead atoms. The number of ether oxygens (including phenoxy) is 4. The Bertz CT molecular complexity index is 1820. The van der Waals surface area contributed by atoms with Crippen molar-refractivity contribution in [3.8, 4) is 0 Å². The average Bonchev–Trinajstić information content (AvgIpc) is 3.08. The van der Waals surface area contributed by atoms with Crippen molar-refractivity contribution in [1.82, 2.24) is 0 Å². The molecule has 0 fully saturated rings. The van der Waals surface area contributed by atoms with Crippen LogP contribution in [0.5, 0.6) is 0 Å². The summed E-state index contributed by atoms with van der Waals surface area (Å²) in [5.41, 5.74) is 0. The van der Waals surface area contributed by atoms with E-state index in [0.717, 1.165) is 108 Å². The molecule has 0 radical (unpaired) electrons. The predicted molar refractivity (Wildman–Crippen MR) is 372 cm³/mol. The van der Waals surface area contributed by atoms with E-state index in [-0.39, 0.29) is 25.7 Å². The highest BCUT2D eigenvalue weighted by Gasteiger charge is 2.30. The number of aliphatic hydroxyl groups excluding tert-OH is 1. The van der Waals surface area contributed by atoms with Crippen molar-refractivity contribution in [1.29, 1.82) is 0 Å². The average molecular weight is 1350 g/mol. The SMILES string of the molecule is CC(C)CCCCCCCCCCCCCCCCCC(=O)OC[C@H](COP(=O)(O)OC[C@@H](O)COP(=O)(O)OC[C@@H](COC(=O)CCCCCCCCC(C)C)OC(=O)CCCCCCCCCCCCCCC(C)C)OC(=O)CCCCCCCCCC(C)C. The number of carbonyl (C=O) groups excluding carboxylic acids is 4.